The molecule has 5 heteroatoms. The summed E-state index contributed by atoms with van der Waals surface area (Å²) >= 11 is 6.36. The Hall–Kier alpha value is -1.91. The quantitative estimate of drug-likeness (QED) is 0.918. The van der Waals surface area contributed by atoms with Crippen LogP contribution in [0.4, 0.5) is 0 Å². The van der Waals surface area contributed by atoms with E-state index in [1.807, 2.05) is 30.3 Å². The van der Waals surface area contributed by atoms with Gasteiger partial charge in [0, 0.05) is 22.7 Å². The molecule has 0 aliphatic carbocycles. The fourth-order valence-electron chi connectivity index (χ4n) is 2.22. The van der Waals surface area contributed by atoms with E-state index in [4.69, 9.17) is 31.5 Å². The van der Waals surface area contributed by atoms with Crippen molar-refractivity contribution in [2.75, 3.05) is 21.3 Å². The molecule has 0 fully saturated rings. The molecule has 2 aromatic rings. The maximum Gasteiger partial charge on any atom is 0.203 e. The highest BCUT2D eigenvalue weighted by Gasteiger charge is 2.18. The lowest BCUT2D eigenvalue weighted by molar-refractivity contribution is 0.325. The van der Waals surface area contributed by atoms with Crippen LogP contribution in [-0.4, -0.2) is 21.3 Å². The summed E-state index contributed by atoms with van der Waals surface area (Å²) in [7, 11) is 4.74. The zero-order valence-electron chi connectivity index (χ0n) is 12.3. The van der Waals surface area contributed by atoms with Gasteiger partial charge in [-0.25, -0.2) is 0 Å². The average molecular weight is 308 g/mol. The fourth-order valence-corrected chi connectivity index (χ4v) is 2.52. The predicted molar refractivity (Wildman–Crippen MR) is 84.4 cm³/mol. The van der Waals surface area contributed by atoms with Gasteiger partial charge in [0.05, 0.1) is 21.3 Å². The highest BCUT2D eigenvalue weighted by Crippen LogP contribution is 2.45. The lowest BCUT2D eigenvalue weighted by Gasteiger charge is -2.16. The molecule has 2 aromatic carbocycles. The second-order valence-corrected chi connectivity index (χ2v) is 4.81. The van der Waals surface area contributed by atoms with Crippen molar-refractivity contribution in [3.63, 3.8) is 0 Å². The summed E-state index contributed by atoms with van der Waals surface area (Å²) in [5, 5.41) is 0.614. The van der Waals surface area contributed by atoms with E-state index in [-0.39, 0.29) is 0 Å². The molecule has 0 amide bonds. The minimum atomic E-state index is 0.447. The highest BCUT2D eigenvalue weighted by molar-refractivity contribution is 6.33. The molecule has 2 rings (SSSR count). The van der Waals surface area contributed by atoms with Crippen LogP contribution in [0.3, 0.4) is 0 Å². The number of ether oxygens (including phenoxy) is 3. The van der Waals surface area contributed by atoms with E-state index in [0.717, 1.165) is 16.7 Å². The van der Waals surface area contributed by atoms with Crippen LogP contribution in [0.15, 0.2) is 30.3 Å². The van der Waals surface area contributed by atoms with E-state index in [9.17, 15) is 0 Å². The van der Waals surface area contributed by atoms with Gasteiger partial charge in [0.1, 0.15) is 0 Å². The molecule has 0 unspecified atom stereocenters. The molecule has 4 nitrogen and oxygen atoms in total. The topological polar surface area (TPSA) is 53.7 Å². The smallest absolute Gasteiger partial charge is 0.203 e. The molecule has 21 heavy (non-hydrogen) atoms. The Morgan fingerprint density at radius 3 is 2.10 bits per heavy atom. The lowest BCUT2D eigenvalue weighted by atomic mass is 10.0. The predicted octanol–water partition coefficient (Wildman–Crippen LogP) is 3.49. The first-order chi connectivity index (χ1) is 10.2. The van der Waals surface area contributed by atoms with Crippen LogP contribution < -0.4 is 19.9 Å². The van der Waals surface area contributed by atoms with Crippen LogP contribution in [0.25, 0.3) is 11.1 Å². The van der Waals surface area contributed by atoms with Crippen molar-refractivity contribution in [2.24, 2.45) is 5.73 Å². The third kappa shape index (κ3) is 2.91. The molecule has 0 aliphatic heterocycles. The van der Waals surface area contributed by atoms with Gasteiger partial charge in [-0.05, 0) is 23.8 Å². The van der Waals surface area contributed by atoms with Crippen LogP contribution in [0.2, 0.25) is 5.02 Å². The largest absolute Gasteiger partial charge is 0.493 e. The van der Waals surface area contributed by atoms with E-state index in [2.05, 4.69) is 0 Å². The number of methoxy groups -OCH3 is 3. The summed E-state index contributed by atoms with van der Waals surface area (Å²) in [6, 6.07) is 9.44. The van der Waals surface area contributed by atoms with Gasteiger partial charge >= 0.3 is 0 Å². The Balaban J connectivity index is 2.63. The van der Waals surface area contributed by atoms with Crippen LogP contribution in [0.1, 0.15) is 5.56 Å². The number of rotatable bonds is 5. The first-order valence-corrected chi connectivity index (χ1v) is 6.81. The normalized spacial score (nSPS) is 10.3. The first-order valence-electron chi connectivity index (χ1n) is 6.44. The van der Waals surface area contributed by atoms with Crippen molar-refractivity contribution >= 4 is 11.6 Å². The van der Waals surface area contributed by atoms with Gasteiger partial charge in [-0.15, -0.1) is 0 Å². The number of benzene rings is 2. The van der Waals surface area contributed by atoms with Gasteiger partial charge in [-0.1, -0.05) is 23.7 Å². The minimum absolute atomic E-state index is 0.447. The molecule has 2 N–H and O–H groups in total. The molecule has 0 aromatic heterocycles. The van der Waals surface area contributed by atoms with E-state index < -0.39 is 0 Å². The summed E-state index contributed by atoms with van der Waals surface area (Å²) in [6.45, 7) is 0.447. The zero-order valence-corrected chi connectivity index (χ0v) is 13.0. The second-order valence-electron chi connectivity index (χ2n) is 4.40. The number of nitrogens with two attached hydrogens (primary N) is 1. The maximum atomic E-state index is 6.36. The minimum Gasteiger partial charge on any atom is -0.493 e. The van der Waals surface area contributed by atoms with Crippen LogP contribution >= 0.6 is 11.6 Å². The summed E-state index contributed by atoms with van der Waals surface area (Å²) in [5.41, 5.74) is 8.29. The maximum absolute atomic E-state index is 6.36. The Labute approximate surface area is 129 Å². The molecule has 112 valence electrons. The van der Waals surface area contributed by atoms with Gasteiger partial charge in [-0.2, -0.15) is 0 Å². The molecule has 0 spiro atoms. The summed E-state index contributed by atoms with van der Waals surface area (Å²) < 4.78 is 16.2. The monoisotopic (exact) mass is 307 g/mol. The van der Waals surface area contributed by atoms with Crippen molar-refractivity contribution in [1.29, 1.82) is 0 Å². The Morgan fingerprint density at radius 2 is 1.57 bits per heavy atom. The Morgan fingerprint density at radius 1 is 0.905 bits per heavy atom. The van der Waals surface area contributed by atoms with Gasteiger partial charge in [0.15, 0.2) is 11.5 Å². The third-order valence-corrected chi connectivity index (χ3v) is 3.58. The molecular formula is C16H18ClNO3. The average Bonchev–Trinajstić information content (AvgIpc) is 2.53. The highest BCUT2D eigenvalue weighted by atomic mass is 35.5. The first kappa shape index (κ1) is 15.5. The standard InChI is InChI=1S/C16H18ClNO3/c1-19-14-7-6-12(15(20-2)16(14)21-3)11-5-4-10(9-18)8-13(11)17/h4-8H,9,18H2,1-3H3. The zero-order chi connectivity index (χ0) is 15.4. The van der Waals surface area contributed by atoms with Crippen molar-refractivity contribution < 1.29 is 14.2 Å². The SMILES string of the molecule is COc1ccc(-c2ccc(CN)cc2Cl)c(OC)c1OC. The third-order valence-electron chi connectivity index (χ3n) is 3.26. The van der Waals surface area contributed by atoms with Crippen molar-refractivity contribution in [1.82, 2.24) is 0 Å². The molecule has 0 saturated heterocycles. The van der Waals surface area contributed by atoms with E-state index in [1.165, 1.54) is 0 Å². The molecular weight excluding hydrogens is 290 g/mol. The van der Waals surface area contributed by atoms with E-state index in [1.54, 1.807) is 21.3 Å². The molecule has 0 heterocycles. The Kier molecular flexibility index (Phi) is 4.94. The molecule has 0 aliphatic rings. The number of halogens is 1. The molecule has 0 atom stereocenters. The Bertz CT molecular complexity index is 644. The summed E-state index contributed by atoms with van der Waals surface area (Å²) in [6.07, 6.45) is 0. The second kappa shape index (κ2) is 6.70. The van der Waals surface area contributed by atoms with Crippen molar-refractivity contribution in [3.8, 4) is 28.4 Å². The van der Waals surface area contributed by atoms with Gasteiger partial charge in [-0.3, -0.25) is 0 Å². The number of hydrogen-bond acceptors (Lipinski definition) is 4. The van der Waals surface area contributed by atoms with E-state index in [0.29, 0.717) is 28.8 Å². The summed E-state index contributed by atoms with van der Waals surface area (Å²) in [5.74, 6) is 1.73. The molecule has 0 radical (unpaired) electrons. The van der Waals surface area contributed by atoms with Crippen LogP contribution in [0, 0.1) is 0 Å². The molecule has 0 bridgehead atoms. The van der Waals surface area contributed by atoms with Crippen molar-refractivity contribution in [3.05, 3.63) is 40.9 Å². The van der Waals surface area contributed by atoms with Gasteiger partial charge < -0.3 is 19.9 Å². The summed E-state index contributed by atoms with van der Waals surface area (Å²) in [4.78, 5) is 0. The fraction of sp³-hybridized carbons (Fsp3) is 0.250. The van der Waals surface area contributed by atoms with E-state index >= 15 is 0 Å². The van der Waals surface area contributed by atoms with Crippen molar-refractivity contribution in [2.45, 2.75) is 6.54 Å². The van der Waals surface area contributed by atoms with Crippen LogP contribution in [-0.2, 0) is 6.54 Å². The van der Waals surface area contributed by atoms with Gasteiger partial charge in [0.2, 0.25) is 5.75 Å². The molecule has 0 saturated carbocycles. The number of hydrogen-bond donors (Lipinski definition) is 1. The van der Waals surface area contributed by atoms with Gasteiger partial charge in [0.25, 0.3) is 0 Å². The van der Waals surface area contributed by atoms with Crippen LogP contribution in [0.5, 0.6) is 17.2 Å². The lowest BCUT2D eigenvalue weighted by Crippen LogP contribution is -1.98.